The number of halogens is 1. The lowest BCUT2D eigenvalue weighted by atomic mass is 10.2. The van der Waals surface area contributed by atoms with Gasteiger partial charge >= 0.3 is 0 Å². The van der Waals surface area contributed by atoms with E-state index in [1.165, 1.54) is 11.1 Å². The summed E-state index contributed by atoms with van der Waals surface area (Å²) in [7, 11) is 4.22. The van der Waals surface area contributed by atoms with Gasteiger partial charge in [-0.1, -0.05) is 28.9 Å². The molecule has 0 bridgehead atoms. The lowest BCUT2D eigenvalue weighted by Gasteiger charge is -2.26. The number of hydrogen-bond donors (Lipinski definition) is 0. The SMILES string of the molecule is CCCN(CCN(C)C)c1ncc(CBr)cc1C. The molecule has 0 atom stereocenters. The fraction of sp³-hybridized carbons (Fsp3) is 0.643. The van der Waals surface area contributed by atoms with E-state index < -0.39 is 0 Å². The number of alkyl halides is 1. The molecule has 3 nitrogen and oxygen atoms in total. The number of aryl methyl sites for hydroxylation is 1. The maximum Gasteiger partial charge on any atom is 0.131 e. The van der Waals surface area contributed by atoms with Crippen LogP contribution in [0.15, 0.2) is 12.3 Å². The second kappa shape index (κ2) is 7.74. The summed E-state index contributed by atoms with van der Waals surface area (Å²) in [6.07, 6.45) is 3.12. The predicted octanol–water partition coefficient (Wildman–Crippen LogP) is 3.06. The van der Waals surface area contributed by atoms with Crippen LogP contribution in [0.3, 0.4) is 0 Å². The molecule has 102 valence electrons. The number of likely N-dealkylation sites (N-methyl/N-ethyl adjacent to an activating group) is 1. The topological polar surface area (TPSA) is 19.4 Å². The molecule has 0 spiro atoms. The van der Waals surface area contributed by atoms with Crippen LogP contribution in [0.1, 0.15) is 24.5 Å². The summed E-state index contributed by atoms with van der Waals surface area (Å²) in [5.41, 5.74) is 2.50. The van der Waals surface area contributed by atoms with Crippen molar-refractivity contribution in [3.8, 4) is 0 Å². The highest BCUT2D eigenvalue weighted by Gasteiger charge is 2.10. The van der Waals surface area contributed by atoms with Gasteiger partial charge in [0.2, 0.25) is 0 Å². The van der Waals surface area contributed by atoms with Crippen LogP contribution in [0.4, 0.5) is 5.82 Å². The summed E-state index contributed by atoms with van der Waals surface area (Å²) >= 11 is 3.47. The van der Waals surface area contributed by atoms with Crippen LogP contribution < -0.4 is 4.90 Å². The minimum atomic E-state index is 0.868. The largest absolute Gasteiger partial charge is 0.355 e. The average molecular weight is 314 g/mol. The Hall–Kier alpha value is -0.610. The van der Waals surface area contributed by atoms with E-state index in [-0.39, 0.29) is 0 Å². The molecule has 0 aliphatic carbocycles. The Labute approximate surface area is 119 Å². The van der Waals surface area contributed by atoms with Gasteiger partial charge in [-0.15, -0.1) is 0 Å². The highest BCUT2D eigenvalue weighted by Crippen LogP contribution is 2.19. The number of hydrogen-bond acceptors (Lipinski definition) is 3. The minimum Gasteiger partial charge on any atom is -0.355 e. The molecule has 4 heteroatoms. The fourth-order valence-corrected chi connectivity index (χ4v) is 2.25. The number of aromatic nitrogens is 1. The van der Waals surface area contributed by atoms with Crippen molar-refractivity contribution >= 4 is 21.7 Å². The van der Waals surface area contributed by atoms with Crippen molar-refractivity contribution < 1.29 is 0 Å². The van der Waals surface area contributed by atoms with Gasteiger partial charge in [0, 0.05) is 31.2 Å². The zero-order valence-electron chi connectivity index (χ0n) is 11.9. The van der Waals surface area contributed by atoms with E-state index in [2.05, 4.69) is 64.7 Å². The van der Waals surface area contributed by atoms with Gasteiger partial charge in [0.1, 0.15) is 5.82 Å². The van der Waals surface area contributed by atoms with Crippen LogP contribution in [0, 0.1) is 6.92 Å². The summed E-state index contributed by atoms with van der Waals surface area (Å²) < 4.78 is 0. The molecule has 0 radical (unpaired) electrons. The van der Waals surface area contributed by atoms with Crippen molar-refractivity contribution in [1.29, 1.82) is 0 Å². The first kappa shape index (κ1) is 15.4. The van der Waals surface area contributed by atoms with E-state index in [4.69, 9.17) is 0 Å². The Balaban J connectivity index is 2.84. The lowest BCUT2D eigenvalue weighted by Crippen LogP contribution is -2.33. The van der Waals surface area contributed by atoms with Crippen LogP contribution in [0.25, 0.3) is 0 Å². The maximum atomic E-state index is 4.62. The van der Waals surface area contributed by atoms with Crippen molar-refractivity contribution in [2.24, 2.45) is 0 Å². The number of rotatable bonds is 7. The Bertz CT molecular complexity index is 366. The van der Waals surface area contributed by atoms with Gasteiger partial charge in [-0.2, -0.15) is 0 Å². The van der Waals surface area contributed by atoms with E-state index in [1.54, 1.807) is 0 Å². The molecule has 18 heavy (non-hydrogen) atoms. The molecular formula is C14H24BrN3. The van der Waals surface area contributed by atoms with Crippen LogP contribution in [-0.2, 0) is 5.33 Å². The molecule has 1 rings (SSSR count). The first-order valence-electron chi connectivity index (χ1n) is 6.49. The highest BCUT2D eigenvalue weighted by molar-refractivity contribution is 9.08. The Morgan fingerprint density at radius 3 is 2.44 bits per heavy atom. The highest BCUT2D eigenvalue weighted by atomic mass is 79.9. The van der Waals surface area contributed by atoms with Crippen LogP contribution in [-0.4, -0.2) is 43.6 Å². The summed E-state index contributed by atoms with van der Waals surface area (Å²) in [5.74, 6) is 1.13. The molecule has 1 heterocycles. The molecule has 0 amide bonds. The van der Waals surface area contributed by atoms with E-state index in [0.29, 0.717) is 0 Å². The monoisotopic (exact) mass is 313 g/mol. The van der Waals surface area contributed by atoms with Gasteiger partial charge in [0.15, 0.2) is 0 Å². The molecule has 0 saturated heterocycles. The quantitative estimate of drug-likeness (QED) is 0.721. The predicted molar refractivity (Wildman–Crippen MR) is 82.7 cm³/mol. The van der Waals surface area contributed by atoms with E-state index in [1.807, 2.05) is 6.20 Å². The van der Waals surface area contributed by atoms with Crippen molar-refractivity contribution in [3.63, 3.8) is 0 Å². The first-order valence-corrected chi connectivity index (χ1v) is 7.61. The molecule has 0 unspecified atom stereocenters. The third-order valence-electron chi connectivity index (χ3n) is 2.87. The van der Waals surface area contributed by atoms with E-state index in [9.17, 15) is 0 Å². The second-order valence-corrected chi connectivity index (χ2v) is 5.47. The van der Waals surface area contributed by atoms with Crippen LogP contribution >= 0.6 is 15.9 Å². The van der Waals surface area contributed by atoms with Crippen LogP contribution in [0.5, 0.6) is 0 Å². The maximum absolute atomic E-state index is 4.62. The molecule has 1 aromatic heterocycles. The van der Waals surface area contributed by atoms with Crippen molar-refractivity contribution in [2.75, 3.05) is 38.6 Å². The van der Waals surface area contributed by atoms with Gasteiger partial charge in [0.05, 0.1) is 0 Å². The van der Waals surface area contributed by atoms with E-state index >= 15 is 0 Å². The minimum absolute atomic E-state index is 0.868. The third kappa shape index (κ3) is 4.58. The summed E-state index contributed by atoms with van der Waals surface area (Å²) in [6.45, 7) is 7.51. The molecule has 0 aliphatic heterocycles. The zero-order valence-corrected chi connectivity index (χ0v) is 13.5. The standard InChI is InChI=1S/C14H24BrN3/c1-5-6-18(8-7-17(3)4)14-12(2)9-13(10-15)11-16-14/h9,11H,5-8,10H2,1-4H3. The van der Waals surface area contributed by atoms with E-state index in [0.717, 1.165) is 37.2 Å². The van der Waals surface area contributed by atoms with Crippen LogP contribution in [0.2, 0.25) is 0 Å². The Morgan fingerprint density at radius 1 is 1.22 bits per heavy atom. The number of pyridine rings is 1. The molecule has 0 N–H and O–H groups in total. The third-order valence-corrected chi connectivity index (χ3v) is 3.52. The Morgan fingerprint density at radius 2 is 1.94 bits per heavy atom. The molecule has 0 fully saturated rings. The van der Waals surface area contributed by atoms with Crippen molar-refractivity contribution in [1.82, 2.24) is 9.88 Å². The lowest BCUT2D eigenvalue weighted by molar-refractivity contribution is 0.412. The molecule has 0 aromatic carbocycles. The molecule has 0 saturated carbocycles. The Kier molecular flexibility index (Phi) is 6.65. The van der Waals surface area contributed by atoms with Gasteiger partial charge in [0.25, 0.3) is 0 Å². The number of nitrogens with zero attached hydrogens (tertiary/aromatic N) is 3. The smallest absolute Gasteiger partial charge is 0.131 e. The molecule has 1 aromatic rings. The molecule has 0 aliphatic rings. The van der Waals surface area contributed by atoms with Gasteiger partial charge in [-0.25, -0.2) is 4.98 Å². The summed E-state index contributed by atoms with van der Waals surface area (Å²) in [5, 5.41) is 0.868. The van der Waals surface area contributed by atoms with Crippen molar-refractivity contribution in [2.45, 2.75) is 25.6 Å². The first-order chi connectivity index (χ1) is 8.58. The average Bonchev–Trinajstić information content (AvgIpc) is 2.34. The molecular weight excluding hydrogens is 290 g/mol. The van der Waals surface area contributed by atoms with Gasteiger partial charge in [-0.05, 0) is 38.6 Å². The number of anilines is 1. The van der Waals surface area contributed by atoms with Crippen molar-refractivity contribution in [3.05, 3.63) is 23.4 Å². The normalized spacial score (nSPS) is 11.0. The summed E-state index contributed by atoms with van der Waals surface area (Å²) in [4.78, 5) is 9.22. The van der Waals surface area contributed by atoms with Gasteiger partial charge < -0.3 is 9.80 Å². The van der Waals surface area contributed by atoms with Gasteiger partial charge in [-0.3, -0.25) is 0 Å². The zero-order chi connectivity index (χ0) is 13.5. The second-order valence-electron chi connectivity index (χ2n) is 4.91. The summed E-state index contributed by atoms with van der Waals surface area (Å²) in [6, 6.07) is 2.22. The fourth-order valence-electron chi connectivity index (χ4n) is 1.94.